The van der Waals surface area contributed by atoms with E-state index in [1.54, 1.807) is 17.7 Å². The first kappa shape index (κ1) is 24.2. The molecule has 0 fully saturated rings. The quantitative estimate of drug-likeness (QED) is 0.131. The normalized spacial score (nSPS) is 11.5. The van der Waals surface area contributed by atoms with E-state index in [0.29, 0.717) is 6.54 Å². The van der Waals surface area contributed by atoms with Gasteiger partial charge in [-0.1, -0.05) is 31.2 Å². The zero-order valence-electron chi connectivity index (χ0n) is 18.3. The summed E-state index contributed by atoms with van der Waals surface area (Å²) < 4.78 is 4.40. The van der Waals surface area contributed by atoms with Gasteiger partial charge in [0, 0.05) is 49.2 Å². The highest BCUT2D eigenvalue weighted by atomic mass is 127. The molecule has 170 valence electrons. The van der Waals surface area contributed by atoms with Gasteiger partial charge in [-0.3, -0.25) is 0 Å². The van der Waals surface area contributed by atoms with Crippen molar-refractivity contribution in [3.8, 4) is 0 Å². The number of hydrogen-bond acceptors (Lipinski definition) is 4. The van der Waals surface area contributed by atoms with Gasteiger partial charge in [-0.25, -0.2) is 4.99 Å². The highest BCUT2D eigenvalue weighted by molar-refractivity contribution is 14.0. The fraction of sp³-hybridized carbons (Fsp3) is 0.348. The number of guanidine groups is 1. The van der Waals surface area contributed by atoms with Crippen molar-refractivity contribution in [3.63, 3.8) is 0 Å². The van der Waals surface area contributed by atoms with Crippen LogP contribution < -0.4 is 10.6 Å². The Labute approximate surface area is 210 Å². The third kappa shape index (κ3) is 6.55. The van der Waals surface area contributed by atoms with Gasteiger partial charge in [0.05, 0.1) is 6.54 Å². The molecular weight excluding hydrogens is 533 g/mol. The molecule has 0 bridgehead atoms. The molecule has 1 aromatic carbocycles. The molecule has 0 saturated carbocycles. The van der Waals surface area contributed by atoms with Crippen molar-refractivity contribution >= 4 is 52.2 Å². The number of thiophene rings is 1. The zero-order chi connectivity index (χ0) is 21.3. The predicted octanol–water partition coefficient (Wildman–Crippen LogP) is 4.30. The van der Waals surface area contributed by atoms with E-state index >= 15 is 0 Å². The molecule has 0 aliphatic rings. The van der Waals surface area contributed by atoms with Crippen molar-refractivity contribution in [1.29, 1.82) is 0 Å². The van der Waals surface area contributed by atoms with E-state index in [-0.39, 0.29) is 24.0 Å². The lowest BCUT2D eigenvalue weighted by atomic mass is 10.2. The molecule has 0 unspecified atom stereocenters. The van der Waals surface area contributed by atoms with Crippen LogP contribution in [0.1, 0.15) is 24.0 Å². The van der Waals surface area contributed by atoms with Crippen LogP contribution in [0.5, 0.6) is 0 Å². The van der Waals surface area contributed by atoms with E-state index in [0.717, 1.165) is 50.8 Å². The molecule has 4 aromatic rings. The second-order valence-electron chi connectivity index (χ2n) is 7.31. The minimum atomic E-state index is 0. The zero-order valence-corrected chi connectivity index (χ0v) is 21.4. The summed E-state index contributed by atoms with van der Waals surface area (Å²) in [4.78, 5) is 6.03. The fourth-order valence-corrected chi connectivity index (χ4v) is 4.19. The Hall–Kier alpha value is -2.40. The maximum Gasteiger partial charge on any atom is 0.191 e. The number of aliphatic imine (C=N–C) groups is 1. The average molecular weight is 564 g/mol. The molecule has 0 radical (unpaired) electrons. The van der Waals surface area contributed by atoms with Crippen LogP contribution >= 0.6 is 35.3 Å². The molecule has 0 aliphatic carbocycles. The number of aryl methyl sites for hydroxylation is 2. The van der Waals surface area contributed by atoms with Crippen LogP contribution in [0.4, 0.5) is 0 Å². The SMILES string of the molecule is CCc1nncn1CCNC(=NCc1cccs1)NCCCn1ccc2ccccc21.I. The molecule has 32 heavy (non-hydrogen) atoms. The van der Waals surface area contributed by atoms with Gasteiger partial charge in [0.2, 0.25) is 0 Å². The minimum Gasteiger partial charge on any atom is -0.356 e. The molecule has 7 nitrogen and oxygen atoms in total. The van der Waals surface area contributed by atoms with Crippen LogP contribution in [-0.4, -0.2) is 38.4 Å². The summed E-state index contributed by atoms with van der Waals surface area (Å²) in [7, 11) is 0. The van der Waals surface area contributed by atoms with Crippen molar-refractivity contribution < 1.29 is 0 Å². The molecular formula is C23H30IN7S. The van der Waals surface area contributed by atoms with Gasteiger partial charge in [-0.05, 0) is 35.4 Å². The summed E-state index contributed by atoms with van der Waals surface area (Å²) in [6.07, 6.45) is 5.85. The Morgan fingerprint density at radius 3 is 2.75 bits per heavy atom. The van der Waals surface area contributed by atoms with Gasteiger partial charge in [-0.2, -0.15) is 0 Å². The number of rotatable bonds is 10. The monoisotopic (exact) mass is 563 g/mol. The summed E-state index contributed by atoms with van der Waals surface area (Å²) in [5, 5.41) is 18.5. The van der Waals surface area contributed by atoms with E-state index in [9.17, 15) is 0 Å². The Kier molecular flexibility index (Phi) is 9.54. The summed E-state index contributed by atoms with van der Waals surface area (Å²) in [5.74, 6) is 1.85. The first-order valence-corrected chi connectivity index (χ1v) is 11.7. The maximum absolute atomic E-state index is 4.77. The standard InChI is InChI=1S/C23H29N7S.HI/c1-2-22-28-27-18-30(22)15-12-25-23(26-17-20-8-5-16-31-20)24-11-6-13-29-14-10-19-7-3-4-9-21(19)29;/h3-5,7-10,14,16,18H,2,6,11-13,15,17H2,1H3,(H2,24,25,26);1H. The first-order valence-electron chi connectivity index (χ1n) is 10.8. The van der Waals surface area contributed by atoms with E-state index in [4.69, 9.17) is 4.99 Å². The van der Waals surface area contributed by atoms with Crippen LogP contribution in [0.3, 0.4) is 0 Å². The molecule has 0 amide bonds. The number of halogens is 1. The molecule has 0 atom stereocenters. The topological polar surface area (TPSA) is 72.1 Å². The number of hydrogen-bond donors (Lipinski definition) is 2. The van der Waals surface area contributed by atoms with E-state index in [2.05, 4.69) is 90.9 Å². The van der Waals surface area contributed by atoms with Crippen molar-refractivity contribution in [2.45, 2.75) is 39.4 Å². The van der Waals surface area contributed by atoms with Crippen LogP contribution in [0, 0.1) is 0 Å². The third-order valence-electron chi connectivity index (χ3n) is 5.18. The van der Waals surface area contributed by atoms with Gasteiger partial charge in [0.15, 0.2) is 5.96 Å². The van der Waals surface area contributed by atoms with E-state index in [1.807, 2.05) is 0 Å². The second kappa shape index (κ2) is 12.6. The number of benzene rings is 1. The van der Waals surface area contributed by atoms with E-state index in [1.165, 1.54) is 15.8 Å². The smallest absolute Gasteiger partial charge is 0.191 e. The summed E-state index contributed by atoms with van der Waals surface area (Å²) in [6, 6.07) is 14.9. The molecule has 0 saturated heterocycles. The molecule has 0 aliphatic heterocycles. The number of nitrogens with one attached hydrogen (secondary N) is 2. The van der Waals surface area contributed by atoms with Crippen molar-refractivity contribution in [2.75, 3.05) is 13.1 Å². The van der Waals surface area contributed by atoms with Crippen LogP contribution in [0.25, 0.3) is 10.9 Å². The van der Waals surface area contributed by atoms with Crippen LogP contribution in [-0.2, 0) is 26.1 Å². The Morgan fingerprint density at radius 2 is 1.91 bits per heavy atom. The van der Waals surface area contributed by atoms with E-state index < -0.39 is 0 Å². The molecule has 3 aromatic heterocycles. The number of nitrogens with zero attached hydrogens (tertiary/aromatic N) is 5. The molecule has 9 heteroatoms. The highest BCUT2D eigenvalue weighted by Gasteiger charge is 2.04. The van der Waals surface area contributed by atoms with Crippen LogP contribution in [0.15, 0.2) is 65.4 Å². The Morgan fingerprint density at radius 1 is 1.03 bits per heavy atom. The minimum absolute atomic E-state index is 0. The molecule has 4 rings (SSSR count). The van der Waals surface area contributed by atoms with Crippen LogP contribution in [0.2, 0.25) is 0 Å². The van der Waals surface area contributed by atoms with Crippen molar-refractivity contribution in [3.05, 3.63) is 71.1 Å². The lowest BCUT2D eigenvalue weighted by Crippen LogP contribution is -2.39. The number of para-hydroxylation sites is 1. The van der Waals surface area contributed by atoms with Crippen molar-refractivity contribution in [2.24, 2.45) is 4.99 Å². The fourth-order valence-electron chi connectivity index (χ4n) is 3.56. The third-order valence-corrected chi connectivity index (χ3v) is 6.04. The van der Waals surface area contributed by atoms with Crippen molar-refractivity contribution in [1.82, 2.24) is 30.0 Å². The van der Waals surface area contributed by atoms with Gasteiger partial charge < -0.3 is 19.8 Å². The molecule has 2 N–H and O–H groups in total. The summed E-state index contributed by atoms with van der Waals surface area (Å²) in [6.45, 7) is 6.18. The number of fused-ring (bicyclic) bond motifs is 1. The van der Waals surface area contributed by atoms with Gasteiger partial charge in [-0.15, -0.1) is 45.5 Å². The van der Waals surface area contributed by atoms with Gasteiger partial charge >= 0.3 is 0 Å². The predicted molar refractivity (Wildman–Crippen MR) is 143 cm³/mol. The summed E-state index contributed by atoms with van der Waals surface area (Å²) >= 11 is 1.73. The largest absolute Gasteiger partial charge is 0.356 e. The first-order chi connectivity index (χ1) is 15.3. The number of aromatic nitrogens is 4. The maximum atomic E-state index is 4.77. The molecule has 0 spiro atoms. The average Bonchev–Trinajstić information content (AvgIpc) is 3.55. The lowest BCUT2D eigenvalue weighted by molar-refractivity contribution is 0.617. The Bertz CT molecular complexity index is 1100. The second-order valence-corrected chi connectivity index (χ2v) is 8.35. The lowest BCUT2D eigenvalue weighted by Gasteiger charge is -2.14. The van der Waals surface area contributed by atoms with Gasteiger partial charge in [0.1, 0.15) is 12.2 Å². The summed E-state index contributed by atoms with van der Waals surface area (Å²) in [5.41, 5.74) is 1.29. The van der Waals surface area contributed by atoms with Gasteiger partial charge in [0.25, 0.3) is 0 Å². The Balaban J connectivity index is 0.00000289. The molecule has 3 heterocycles. The highest BCUT2D eigenvalue weighted by Crippen LogP contribution is 2.15.